The average Bonchev–Trinajstić information content (AvgIpc) is 2.97. The Balaban J connectivity index is 1.73. The molecular weight excluding hydrogens is 278 g/mol. The van der Waals surface area contributed by atoms with E-state index in [1.807, 2.05) is 18.2 Å². The number of benzene rings is 1. The van der Waals surface area contributed by atoms with Crippen molar-refractivity contribution in [2.24, 2.45) is 0 Å². The van der Waals surface area contributed by atoms with Gasteiger partial charge in [-0.2, -0.15) is 0 Å². The van der Waals surface area contributed by atoms with E-state index in [1.165, 1.54) is 18.6 Å². The standard InChI is InChI=1S/C16H17N5O/c1-10(2)15-20-12-4-3-11(7-13(12)21-15)8-19-16(22)14-9-17-5-6-18-14/h3-7,9-10H,8H2,1-2H3,(H,19,22)(H,20,21). The monoisotopic (exact) mass is 295 g/mol. The zero-order chi connectivity index (χ0) is 15.5. The number of H-pyrrole nitrogens is 1. The van der Waals surface area contributed by atoms with Gasteiger partial charge in [0.25, 0.3) is 5.91 Å². The van der Waals surface area contributed by atoms with Crippen LogP contribution < -0.4 is 5.32 Å². The summed E-state index contributed by atoms with van der Waals surface area (Å²) in [4.78, 5) is 27.6. The maximum Gasteiger partial charge on any atom is 0.271 e. The van der Waals surface area contributed by atoms with Gasteiger partial charge in [0.15, 0.2) is 0 Å². The summed E-state index contributed by atoms with van der Waals surface area (Å²) in [7, 11) is 0. The Kier molecular flexibility index (Phi) is 3.82. The van der Waals surface area contributed by atoms with E-state index in [9.17, 15) is 4.79 Å². The molecule has 0 aliphatic rings. The topological polar surface area (TPSA) is 83.6 Å². The van der Waals surface area contributed by atoms with E-state index in [0.717, 1.165) is 22.4 Å². The van der Waals surface area contributed by atoms with Crippen molar-refractivity contribution in [2.45, 2.75) is 26.3 Å². The number of carbonyl (C=O) groups excluding carboxylic acids is 1. The molecule has 0 fully saturated rings. The fourth-order valence-electron chi connectivity index (χ4n) is 2.15. The molecule has 0 spiro atoms. The summed E-state index contributed by atoms with van der Waals surface area (Å²) < 4.78 is 0. The lowest BCUT2D eigenvalue weighted by molar-refractivity contribution is 0.0945. The number of fused-ring (bicyclic) bond motifs is 1. The predicted molar refractivity (Wildman–Crippen MR) is 83.4 cm³/mol. The second-order valence-corrected chi connectivity index (χ2v) is 5.40. The molecule has 3 rings (SSSR count). The molecule has 0 saturated carbocycles. The molecule has 22 heavy (non-hydrogen) atoms. The van der Waals surface area contributed by atoms with Crippen LogP contribution in [0.3, 0.4) is 0 Å². The Hall–Kier alpha value is -2.76. The maximum absolute atomic E-state index is 11.9. The lowest BCUT2D eigenvalue weighted by Crippen LogP contribution is -2.23. The molecule has 1 aromatic carbocycles. The number of imidazole rings is 1. The number of amides is 1. The highest BCUT2D eigenvalue weighted by molar-refractivity contribution is 5.91. The molecule has 0 aliphatic heterocycles. The molecule has 0 radical (unpaired) electrons. The van der Waals surface area contributed by atoms with Gasteiger partial charge in [0, 0.05) is 24.9 Å². The first-order chi connectivity index (χ1) is 10.6. The van der Waals surface area contributed by atoms with E-state index in [1.54, 1.807) is 0 Å². The van der Waals surface area contributed by atoms with Crippen molar-refractivity contribution in [1.29, 1.82) is 0 Å². The highest BCUT2D eigenvalue weighted by Gasteiger charge is 2.09. The summed E-state index contributed by atoms with van der Waals surface area (Å²) in [5.74, 6) is 1.09. The van der Waals surface area contributed by atoms with Gasteiger partial charge in [-0.3, -0.25) is 9.78 Å². The maximum atomic E-state index is 11.9. The number of nitrogens with zero attached hydrogens (tertiary/aromatic N) is 3. The van der Waals surface area contributed by atoms with Crippen LogP contribution in [0.5, 0.6) is 0 Å². The SMILES string of the molecule is CC(C)c1nc2ccc(CNC(=O)c3cnccn3)cc2[nH]1. The highest BCUT2D eigenvalue weighted by Crippen LogP contribution is 2.18. The second kappa shape index (κ2) is 5.93. The minimum absolute atomic E-state index is 0.235. The summed E-state index contributed by atoms with van der Waals surface area (Å²) >= 11 is 0. The third kappa shape index (κ3) is 2.95. The fourth-order valence-corrected chi connectivity index (χ4v) is 2.15. The smallest absolute Gasteiger partial charge is 0.271 e. The quantitative estimate of drug-likeness (QED) is 0.774. The zero-order valence-corrected chi connectivity index (χ0v) is 12.5. The first-order valence-electron chi connectivity index (χ1n) is 7.16. The Morgan fingerprint density at radius 2 is 2.18 bits per heavy atom. The lowest BCUT2D eigenvalue weighted by Gasteiger charge is -2.04. The van der Waals surface area contributed by atoms with Crippen LogP contribution in [0.1, 0.15) is 41.6 Å². The van der Waals surface area contributed by atoms with E-state index in [0.29, 0.717) is 18.2 Å². The van der Waals surface area contributed by atoms with Crippen LogP contribution in [0.2, 0.25) is 0 Å². The first-order valence-corrected chi connectivity index (χ1v) is 7.16. The number of nitrogens with one attached hydrogen (secondary N) is 2. The van der Waals surface area contributed by atoms with Crippen molar-refractivity contribution < 1.29 is 4.79 Å². The van der Waals surface area contributed by atoms with Crippen molar-refractivity contribution >= 4 is 16.9 Å². The predicted octanol–water partition coefficient (Wildman–Crippen LogP) is 2.41. The molecule has 6 heteroatoms. The summed E-state index contributed by atoms with van der Waals surface area (Å²) in [5, 5.41) is 2.83. The lowest BCUT2D eigenvalue weighted by atomic mass is 10.2. The van der Waals surface area contributed by atoms with E-state index in [-0.39, 0.29) is 5.91 Å². The normalized spacial score (nSPS) is 11.0. The van der Waals surface area contributed by atoms with Crippen LogP contribution in [0, 0.1) is 0 Å². The van der Waals surface area contributed by atoms with Crippen LogP contribution in [0.25, 0.3) is 11.0 Å². The molecule has 0 atom stereocenters. The van der Waals surface area contributed by atoms with Gasteiger partial charge in [-0.15, -0.1) is 0 Å². The Labute approximate surface area is 128 Å². The van der Waals surface area contributed by atoms with Gasteiger partial charge in [-0.1, -0.05) is 19.9 Å². The Bertz CT molecular complexity index is 795. The summed E-state index contributed by atoms with van der Waals surface area (Å²) in [5.41, 5.74) is 3.23. The molecule has 0 bridgehead atoms. The Morgan fingerprint density at radius 1 is 1.32 bits per heavy atom. The van der Waals surface area contributed by atoms with Gasteiger partial charge in [-0.05, 0) is 17.7 Å². The molecule has 2 N–H and O–H groups in total. The summed E-state index contributed by atoms with van der Waals surface area (Å²) in [6, 6.07) is 5.93. The van der Waals surface area contributed by atoms with Gasteiger partial charge in [0.1, 0.15) is 11.5 Å². The average molecular weight is 295 g/mol. The van der Waals surface area contributed by atoms with Gasteiger partial charge in [0.05, 0.1) is 17.2 Å². The van der Waals surface area contributed by atoms with Crippen molar-refractivity contribution in [3.05, 3.63) is 53.9 Å². The zero-order valence-electron chi connectivity index (χ0n) is 12.5. The fraction of sp³-hybridized carbons (Fsp3) is 0.250. The third-order valence-corrected chi connectivity index (χ3v) is 3.36. The van der Waals surface area contributed by atoms with E-state index in [2.05, 4.69) is 39.1 Å². The first kappa shape index (κ1) is 14.2. The van der Waals surface area contributed by atoms with E-state index in [4.69, 9.17) is 0 Å². The van der Waals surface area contributed by atoms with Crippen molar-refractivity contribution in [3.8, 4) is 0 Å². The van der Waals surface area contributed by atoms with Gasteiger partial charge >= 0.3 is 0 Å². The molecule has 112 valence electrons. The summed E-state index contributed by atoms with van der Waals surface area (Å²) in [6.45, 7) is 4.63. The van der Waals surface area contributed by atoms with Crippen molar-refractivity contribution in [2.75, 3.05) is 0 Å². The van der Waals surface area contributed by atoms with Crippen LogP contribution in [0.4, 0.5) is 0 Å². The molecule has 3 aromatic rings. The molecule has 6 nitrogen and oxygen atoms in total. The van der Waals surface area contributed by atoms with Crippen molar-refractivity contribution in [1.82, 2.24) is 25.3 Å². The van der Waals surface area contributed by atoms with Gasteiger partial charge < -0.3 is 10.3 Å². The summed E-state index contributed by atoms with van der Waals surface area (Å²) in [6.07, 6.45) is 4.48. The minimum atomic E-state index is -0.235. The van der Waals surface area contributed by atoms with Crippen LogP contribution >= 0.6 is 0 Å². The molecular formula is C16H17N5O. The van der Waals surface area contributed by atoms with Gasteiger partial charge in [0.2, 0.25) is 0 Å². The van der Waals surface area contributed by atoms with E-state index >= 15 is 0 Å². The second-order valence-electron chi connectivity index (χ2n) is 5.40. The van der Waals surface area contributed by atoms with Gasteiger partial charge in [-0.25, -0.2) is 9.97 Å². The number of rotatable bonds is 4. The Morgan fingerprint density at radius 3 is 2.91 bits per heavy atom. The number of carbonyl (C=O) groups is 1. The molecule has 0 aliphatic carbocycles. The molecule has 0 saturated heterocycles. The molecule has 1 amide bonds. The molecule has 2 heterocycles. The highest BCUT2D eigenvalue weighted by atomic mass is 16.1. The third-order valence-electron chi connectivity index (χ3n) is 3.36. The van der Waals surface area contributed by atoms with Crippen molar-refractivity contribution in [3.63, 3.8) is 0 Å². The largest absolute Gasteiger partial charge is 0.347 e. The molecule has 2 aromatic heterocycles. The number of aromatic nitrogens is 4. The van der Waals surface area contributed by atoms with E-state index < -0.39 is 0 Å². The van der Waals surface area contributed by atoms with Crippen LogP contribution in [0.15, 0.2) is 36.8 Å². The number of hydrogen-bond donors (Lipinski definition) is 2. The number of aromatic amines is 1. The molecule has 0 unspecified atom stereocenters. The number of hydrogen-bond acceptors (Lipinski definition) is 4. The van der Waals surface area contributed by atoms with Crippen LogP contribution in [-0.2, 0) is 6.54 Å². The van der Waals surface area contributed by atoms with Crippen LogP contribution in [-0.4, -0.2) is 25.8 Å². The minimum Gasteiger partial charge on any atom is -0.347 e.